The predicted molar refractivity (Wildman–Crippen MR) is 71.9 cm³/mol. The number of amides is 2. The fraction of sp³-hybridized carbons (Fsp3) is 0.333. The van der Waals surface area contributed by atoms with Crippen molar-refractivity contribution >= 4 is 11.8 Å². The predicted octanol–water partition coefficient (Wildman–Crippen LogP) is 1.21. The van der Waals surface area contributed by atoms with E-state index in [2.05, 4.69) is 11.8 Å². The van der Waals surface area contributed by atoms with Crippen LogP contribution in [0.1, 0.15) is 36.9 Å². The number of rotatable bonds is 2. The Bertz CT molecular complexity index is 553. The van der Waals surface area contributed by atoms with Crippen LogP contribution >= 0.6 is 0 Å². The third-order valence-electron chi connectivity index (χ3n) is 3.18. The van der Waals surface area contributed by atoms with Gasteiger partial charge in [-0.15, -0.1) is 0 Å². The molecule has 98 valence electrons. The highest BCUT2D eigenvalue weighted by Crippen LogP contribution is 2.26. The van der Waals surface area contributed by atoms with E-state index in [1.807, 2.05) is 31.2 Å². The lowest BCUT2D eigenvalue weighted by molar-refractivity contribution is -0.140. The van der Waals surface area contributed by atoms with Crippen LogP contribution in [0.4, 0.5) is 0 Å². The summed E-state index contributed by atoms with van der Waals surface area (Å²) >= 11 is 0. The number of carbonyl (C=O) groups is 2. The Balaban J connectivity index is 2.26. The fourth-order valence-electron chi connectivity index (χ4n) is 2.20. The number of nitrogens with two attached hydrogens (primary N) is 1. The number of nitrogens with zero attached hydrogens (tertiary/aromatic N) is 1. The quantitative estimate of drug-likeness (QED) is 0.639. The van der Waals surface area contributed by atoms with E-state index in [1.165, 1.54) is 4.90 Å². The highest BCUT2D eigenvalue weighted by Gasteiger charge is 2.33. The van der Waals surface area contributed by atoms with E-state index in [0.717, 1.165) is 11.1 Å². The maximum absolute atomic E-state index is 11.7. The van der Waals surface area contributed by atoms with Gasteiger partial charge in [-0.05, 0) is 24.6 Å². The molecule has 1 aromatic carbocycles. The molecule has 1 heterocycles. The minimum Gasteiger partial charge on any atom is -0.320 e. The Kier molecular flexibility index (Phi) is 3.98. The lowest BCUT2D eigenvalue weighted by atomic mass is 10.0. The Labute approximate surface area is 112 Å². The van der Waals surface area contributed by atoms with Crippen LogP contribution in [-0.2, 0) is 9.59 Å². The monoisotopic (exact) mass is 256 g/mol. The van der Waals surface area contributed by atoms with Gasteiger partial charge in [-0.25, -0.2) is 0 Å². The van der Waals surface area contributed by atoms with Crippen LogP contribution in [0.3, 0.4) is 0 Å². The van der Waals surface area contributed by atoms with Crippen molar-refractivity contribution in [1.82, 2.24) is 4.90 Å². The van der Waals surface area contributed by atoms with Crippen molar-refractivity contribution in [2.75, 3.05) is 6.54 Å². The fourth-order valence-corrected chi connectivity index (χ4v) is 2.20. The van der Waals surface area contributed by atoms with Crippen LogP contribution in [0.15, 0.2) is 24.3 Å². The zero-order valence-corrected chi connectivity index (χ0v) is 10.8. The van der Waals surface area contributed by atoms with Gasteiger partial charge in [0.15, 0.2) is 0 Å². The summed E-state index contributed by atoms with van der Waals surface area (Å²) in [5.74, 6) is 5.54. The Morgan fingerprint density at radius 3 is 2.63 bits per heavy atom. The van der Waals surface area contributed by atoms with Gasteiger partial charge in [-0.1, -0.05) is 24.0 Å². The molecule has 2 amide bonds. The van der Waals surface area contributed by atoms with Crippen molar-refractivity contribution < 1.29 is 9.59 Å². The molecule has 0 saturated carbocycles. The van der Waals surface area contributed by atoms with Crippen LogP contribution in [0, 0.1) is 11.8 Å². The molecule has 0 aliphatic carbocycles. The third kappa shape index (κ3) is 2.83. The number of likely N-dealkylation sites (tertiary alicyclic amines) is 1. The largest absolute Gasteiger partial charge is 0.320 e. The molecule has 19 heavy (non-hydrogen) atoms. The summed E-state index contributed by atoms with van der Waals surface area (Å²) in [6.45, 7) is 2.17. The minimum absolute atomic E-state index is 0.101. The van der Waals surface area contributed by atoms with Gasteiger partial charge < -0.3 is 5.73 Å². The molecule has 1 saturated heterocycles. The molecular formula is C15H16N2O2. The normalized spacial score (nSPS) is 16.2. The first-order valence-corrected chi connectivity index (χ1v) is 6.27. The van der Waals surface area contributed by atoms with Crippen LogP contribution in [0.25, 0.3) is 0 Å². The molecular weight excluding hydrogens is 240 g/mol. The molecule has 2 N–H and O–H groups in total. The van der Waals surface area contributed by atoms with Crippen LogP contribution in [-0.4, -0.2) is 23.3 Å². The first-order chi connectivity index (χ1) is 9.13. The third-order valence-corrected chi connectivity index (χ3v) is 3.18. The van der Waals surface area contributed by atoms with E-state index in [9.17, 15) is 9.59 Å². The molecule has 0 aromatic heterocycles. The van der Waals surface area contributed by atoms with E-state index in [-0.39, 0.29) is 17.9 Å². The highest BCUT2D eigenvalue weighted by molar-refractivity contribution is 6.02. The molecule has 0 bridgehead atoms. The molecule has 1 unspecified atom stereocenters. The summed E-state index contributed by atoms with van der Waals surface area (Å²) in [6.07, 6.45) is 0.631. The first kappa shape index (κ1) is 13.3. The number of imide groups is 1. The van der Waals surface area contributed by atoms with Gasteiger partial charge >= 0.3 is 0 Å². The van der Waals surface area contributed by atoms with Crippen LogP contribution in [0.2, 0.25) is 0 Å². The number of carbonyl (C=O) groups excluding carboxylic acids is 2. The average molecular weight is 256 g/mol. The van der Waals surface area contributed by atoms with E-state index < -0.39 is 0 Å². The van der Waals surface area contributed by atoms with E-state index in [4.69, 9.17) is 5.73 Å². The van der Waals surface area contributed by atoms with Crippen molar-refractivity contribution in [3.8, 4) is 11.8 Å². The van der Waals surface area contributed by atoms with Crippen molar-refractivity contribution in [2.24, 2.45) is 5.73 Å². The second kappa shape index (κ2) is 5.68. The maximum atomic E-state index is 11.7. The number of hydrogen-bond donors (Lipinski definition) is 1. The number of benzene rings is 1. The smallest absolute Gasteiger partial charge is 0.230 e. The van der Waals surface area contributed by atoms with E-state index >= 15 is 0 Å². The van der Waals surface area contributed by atoms with Gasteiger partial charge in [0.1, 0.15) is 0 Å². The van der Waals surface area contributed by atoms with Gasteiger partial charge in [0.25, 0.3) is 0 Å². The van der Waals surface area contributed by atoms with Crippen molar-refractivity contribution in [3.05, 3.63) is 35.4 Å². The SMILES string of the molecule is CC(c1cccc(C#CCN)c1)N1C(=O)CCC1=O. The molecule has 1 aliphatic rings. The maximum Gasteiger partial charge on any atom is 0.230 e. The first-order valence-electron chi connectivity index (χ1n) is 6.27. The second-order valence-corrected chi connectivity index (χ2v) is 4.46. The van der Waals surface area contributed by atoms with Crippen LogP contribution in [0.5, 0.6) is 0 Å². The van der Waals surface area contributed by atoms with Gasteiger partial charge in [-0.3, -0.25) is 14.5 Å². The molecule has 0 radical (unpaired) electrons. The van der Waals surface area contributed by atoms with E-state index in [0.29, 0.717) is 19.4 Å². The van der Waals surface area contributed by atoms with Gasteiger partial charge in [0.2, 0.25) is 11.8 Å². The van der Waals surface area contributed by atoms with Gasteiger partial charge in [0, 0.05) is 18.4 Å². The molecule has 1 aliphatic heterocycles. The second-order valence-electron chi connectivity index (χ2n) is 4.46. The molecule has 1 atom stereocenters. The topological polar surface area (TPSA) is 63.4 Å². The molecule has 0 spiro atoms. The summed E-state index contributed by atoms with van der Waals surface area (Å²) < 4.78 is 0. The molecule has 1 fully saturated rings. The lowest BCUT2D eigenvalue weighted by Gasteiger charge is -2.22. The molecule has 1 aromatic rings. The van der Waals surface area contributed by atoms with Crippen molar-refractivity contribution in [3.63, 3.8) is 0 Å². The molecule has 2 rings (SSSR count). The average Bonchev–Trinajstić information content (AvgIpc) is 2.75. The van der Waals surface area contributed by atoms with E-state index in [1.54, 1.807) is 0 Å². The lowest BCUT2D eigenvalue weighted by Crippen LogP contribution is -2.31. The Morgan fingerprint density at radius 1 is 1.32 bits per heavy atom. The number of hydrogen-bond acceptors (Lipinski definition) is 3. The summed E-state index contributed by atoms with van der Waals surface area (Å²) in [5.41, 5.74) is 7.09. The Morgan fingerprint density at radius 2 is 2.00 bits per heavy atom. The summed E-state index contributed by atoms with van der Waals surface area (Å²) in [5, 5.41) is 0. The summed E-state index contributed by atoms with van der Waals surface area (Å²) in [7, 11) is 0. The zero-order chi connectivity index (χ0) is 13.8. The van der Waals surface area contributed by atoms with Crippen molar-refractivity contribution in [2.45, 2.75) is 25.8 Å². The summed E-state index contributed by atoms with van der Waals surface area (Å²) in [4.78, 5) is 24.8. The van der Waals surface area contributed by atoms with Crippen LogP contribution < -0.4 is 5.73 Å². The van der Waals surface area contributed by atoms with Crippen molar-refractivity contribution in [1.29, 1.82) is 0 Å². The minimum atomic E-state index is -0.248. The Hall–Kier alpha value is -2.12. The zero-order valence-electron chi connectivity index (χ0n) is 10.8. The van der Waals surface area contributed by atoms with Gasteiger partial charge in [0.05, 0.1) is 12.6 Å². The highest BCUT2D eigenvalue weighted by atomic mass is 16.2. The van der Waals surface area contributed by atoms with Gasteiger partial charge in [-0.2, -0.15) is 0 Å². The molecule has 4 heteroatoms. The molecule has 4 nitrogen and oxygen atoms in total. The standard InChI is InChI=1S/C15H16N2O2/c1-11(17-14(18)7-8-15(17)19)13-6-2-4-12(10-13)5-3-9-16/h2,4,6,10-11H,7-9,16H2,1H3. The summed E-state index contributed by atoms with van der Waals surface area (Å²) in [6, 6.07) is 7.30.